The van der Waals surface area contributed by atoms with Gasteiger partial charge in [0, 0.05) is 6.08 Å². The smallest absolute Gasteiger partial charge is 0.330 e. The normalized spacial score (nSPS) is 12.9. The van der Waals surface area contributed by atoms with Gasteiger partial charge in [-0.2, -0.15) is 0 Å². The van der Waals surface area contributed by atoms with Gasteiger partial charge < -0.3 is 53.2 Å². The van der Waals surface area contributed by atoms with Crippen molar-refractivity contribution in [2.75, 3.05) is 99.1 Å². The van der Waals surface area contributed by atoms with Crippen LogP contribution in [0.15, 0.2) is 36.9 Å². The highest BCUT2D eigenvalue weighted by Crippen LogP contribution is 2.20. The molecule has 0 bridgehead atoms. The van der Waals surface area contributed by atoms with Gasteiger partial charge in [0.1, 0.15) is 0 Å². The molecule has 1 aromatic rings. The number of hydrogen-bond donors (Lipinski definition) is 3. The van der Waals surface area contributed by atoms with Crippen LogP contribution < -0.4 is 0 Å². The predicted octanol–water partition coefficient (Wildman–Crippen LogP) is 4.61. The Morgan fingerprint density at radius 3 is 1.64 bits per heavy atom. The van der Waals surface area contributed by atoms with Crippen LogP contribution in [-0.2, 0) is 49.1 Å². The van der Waals surface area contributed by atoms with E-state index in [0.29, 0.717) is 79.3 Å². The maximum absolute atomic E-state index is 11.9. The fourth-order valence-electron chi connectivity index (χ4n) is 4.28. The van der Waals surface area contributed by atoms with E-state index in [1.54, 1.807) is 13.8 Å². The minimum atomic E-state index is -0.499. The molecule has 0 saturated carbocycles. The van der Waals surface area contributed by atoms with Crippen molar-refractivity contribution >= 4 is 5.97 Å². The molecule has 0 aliphatic heterocycles. The van der Waals surface area contributed by atoms with Crippen molar-refractivity contribution < 1.29 is 58.0 Å². The molecule has 1 aromatic carbocycles. The molecule has 3 atom stereocenters. The van der Waals surface area contributed by atoms with E-state index in [9.17, 15) is 4.79 Å². The van der Waals surface area contributed by atoms with Crippen LogP contribution in [0.25, 0.3) is 0 Å². The molecular weight excluding hydrogens is 648 g/mol. The van der Waals surface area contributed by atoms with E-state index < -0.39 is 18.2 Å². The molecule has 0 aliphatic carbocycles. The Kier molecular flexibility index (Phi) is 35.4. The molecule has 3 unspecified atom stereocenters. The average molecular weight is 717 g/mol. The van der Waals surface area contributed by atoms with E-state index in [1.807, 2.05) is 12.1 Å². The molecule has 0 amide bonds. The lowest BCUT2D eigenvalue weighted by Crippen LogP contribution is -2.19. The van der Waals surface area contributed by atoms with Crippen LogP contribution in [0.1, 0.15) is 82.9 Å². The number of rotatable bonds is 34. The van der Waals surface area contributed by atoms with Crippen molar-refractivity contribution in [1.29, 1.82) is 0 Å². The summed E-state index contributed by atoms with van der Waals surface area (Å²) in [6, 6.07) is 8.26. The minimum Gasteiger partial charge on any atom is -0.452 e. The summed E-state index contributed by atoms with van der Waals surface area (Å²) in [6.45, 7) is 14.6. The molecule has 3 N–H and O–H groups in total. The van der Waals surface area contributed by atoms with Crippen LogP contribution in [0.5, 0.6) is 0 Å². The van der Waals surface area contributed by atoms with Crippen LogP contribution in [0.3, 0.4) is 0 Å². The largest absolute Gasteiger partial charge is 0.452 e. The van der Waals surface area contributed by atoms with Gasteiger partial charge in [0.25, 0.3) is 0 Å². The summed E-state index contributed by atoms with van der Waals surface area (Å²) in [5.74, 6) is -0.473. The topological polar surface area (TPSA) is 152 Å². The third kappa shape index (κ3) is 32.0. The summed E-state index contributed by atoms with van der Waals surface area (Å²) in [5, 5.41) is 25.7. The number of aryl methyl sites for hydroxylation is 1. The van der Waals surface area contributed by atoms with Crippen molar-refractivity contribution in [1.82, 2.24) is 0 Å². The van der Waals surface area contributed by atoms with E-state index in [4.69, 9.17) is 53.2 Å². The molecule has 0 radical (unpaired) electrons. The molecule has 0 fully saturated rings. The summed E-state index contributed by atoms with van der Waals surface area (Å²) in [4.78, 5) is 11.9. The predicted molar refractivity (Wildman–Crippen MR) is 193 cm³/mol. The maximum Gasteiger partial charge on any atom is 0.330 e. The quantitative estimate of drug-likeness (QED) is 0.0519. The Balaban J connectivity index is 0.00000233. The third-order valence-electron chi connectivity index (χ3n) is 7.09. The second kappa shape index (κ2) is 36.8. The Hall–Kier alpha value is -1.97. The third-order valence-corrected chi connectivity index (χ3v) is 7.09. The van der Waals surface area contributed by atoms with E-state index in [-0.39, 0.29) is 25.9 Å². The molecule has 0 spiro atoms. The Bertz CT molecular complexity index is 868. The number of carbonyl (C=O) groups excluding carboxylic acids is 1. The number of hydrogen-bond acceptors (Lipinski definition) is 12. The molecule has 0 aromatic heterocycles. The van der Waals surface area contributed by atoms with Gasteiger partial charge in [-0.1, -0.05) is 76.3 Å². The summed E-state index contributed by atoms with van der Waals surface area (Å²) < 4.78 is 43.1. The number of benzene rings is 1. The van der Waals surface area contributed by atoms with Gasteiger partial charge >= 0.3 is 5.97 Å². The summed E-state index contributed by atoms with van der Waals surface area (Å²) in [7, 11) is 0. The van der Waals surface area contributed by atoms with Gasteiger partial charge in [-0.3, -0.25) is 0 Å². The molecule has 0 aliphatic rings. The van der Waals surface area contributed by atoms with Crippen LogP contribution >= 0.6 is 0 Å². The molecule has 292 valence electrons. The van der Waals surface area contributed by atoms with Crippen molar-refractivity contribution in [3.05, 3.63) is 48.0 Å². The number of aliphatic hydroxyl groups is 3. The maximum atomic E-state index is 11.9. The first kappa shape index (κ1) is 48.0. The molecule has 1 rings (SSSR count). The van der Waals surface area contributed by atoms with Crippen LogP contribution in [0, 0.1) is 0 Å². The van der Waals surface area contributed by atoms with Crippen molar-refractivity contribution in [3.8, 4) is 0 Å². The number of ether oxygens (including phenoxy) is 8. The standard InChI is InChI=1S/C32H54O9.C6H14O3/c1-3-5-6-7-8-9-10-11-29-12-14-30(15-13-29)31(41-32(34)4-2)28-40-27-26-39-25-24-38-23-22-37-21-20-36-19-18-35-17-16-33;1-5(8)4-9-6(2)3-7/h4,12-15,31,33H,2-3,5-11,16-28H2,1H3;5-8H,3-4H2,1-2H3. The number of esters is 1. The lowest BCUT2D eigenvalue weighted by molar-refractivity contribution is -0.147. The molecule has 50 heavy (non-hydrogen) atoms. The molecule has 0 saturated heterocycles. The Morgan fingerprint density at radius 2 is 1.18 bits per heavy atom. The van der Waals surface area contributed by atoms with Gasteiger partial charge in [-0.25, -0.2) is 4.79 Å². The first-order valence-corrected chi connectivity index (χ1v) is 18.3. The lowest BCUT2D eigenvalue weighted by Gasteiger charge is -2.18. The molecule has 0 heterocycles. The Morgan fingerprint density at radius 1 is 0.700 bits per heavy atom. The minimum absolute atomic E-state index is 0.00667. The van der Waals surface area contributed by atoms with Crippen LogP contribution in [0.4, 0.5) is 0 Å². The fourth-order valence-corrected chi connectivity index (χ4v) is 4.28. The number of carbonyl (C=O) groups is 1. The van der Waals surface area contributed by atoms with Crippen molar-refractivity contribution in [3.63, 3.8) is 0 Å². The van der Waals surface area contributed by atoms with E-state index in [0.717, 1.165) is 12.0 Å². The van der Waals surface area contributed by atoms with Crippen LogP contribution in [0.2, 0.25) is 0 Å². The zero-order valence-electron chi connectivity index (χ0n) is 31.1. The van der Waals surface area contributed by atoms with Crippen molar-refractivity contribution in [2.45, 2.75) is 90.4 Å². The zero-order chi connectivity index (χ0) is 36.9. The highest BCUT2D eigenvalue weighted by Gasteiger charge is 2.16. The molecular formula is C38H68O12. The Labute approximate surface area is 301 Å². The van der Waals surface area contributed by atoms with E-state index in [2.05, 4.69) is 25.6 Å². The number of aliphatic hydroxyl groups excluding tert-OH is 3. The van der Waals surface area contributed by atoms with Crippen LogP contribution in [-0.4, -0.2) is 133 Å². The van der Waals surface area contributed by atoms with Gasteiger partial charge in [0.15, 0.2) is 6.10 Å². The fraction of sp³-hybridized carbons (Fsp3) is 0.763. The average Bonchev–Trinajstić information content (AvgIpc) is 3.12. The molecule has 12 nitrogen and oxygen atoms in total. The van der Waals surface area contributed by atoms with Crippen molar-refractivity contribution in [2.24, 2.45) is 0 Å². The first-order chi connectivity index (χ1) is 24.4. The number of unbranched alkanes of at least 4 members (excludes halogenated alkanes) is 6. The summed E-state index contributed by atoms with van der Waals surface area (Å²) >= 11 is 0. The second-order valence-electron chi connectivity index (χ2n) is 11.8. The monoisotopic (exact) mass is 716 g/mol. The van der Waals surface area contributed by atoms with Gasteiger partial charge in [0.05, 0.1) is 111 Å². The molecule has 12 heteroatoms. The van der Waals surface area contributed by atoms with Gasteiger partial charge in [-0.15, -0.1) is 0 Å². The zero-order valence-corrected chi connectivity index (χ0v) is 31.1. The summed E-state index contributed by atoms with van der Waals surface area (Å²) in [5.41, 5.74) is 2.20. The van der Waals surface area contributed by atoms with Gasteiger partial charge in [0.2, 0.25) is 0 Å². The SMILES string of the molecule is C=CC(=O)OC(COCCOCCOCCOCCOCCOCCO)c1ccc(CCCCCCCCC)cc1.CC(O)COC(C)CO. The lowest BCUT2D eigenvalue weighted by atomic mass is 10.0. The van der Waals surface area contributed by atoms with E-state index >= 15 is 0 Å². The van der Waals surface area contributed by atoms with E-state index in [1.165, 1.54) is 56.6 Å². The highest BCUT2D eigenvalue weighted by molar-refractivity contribution is 5.81. The summed E-state index contributed by atoms with van der Waals surface area (Å²) in [6.07, 6.45) is 10.2. The van der Waals surface area contributed by atoms with Gasteiger partial charge in [-0.05, 0) is 37.8 Å². The highest BCUT2D eigenvalue weighted by atomic mass is 16.6. The first-order valence-electron chi connectivity index (χ1n) is 18.3. The second-order valence-corrected chi connectivity index (χ2v) is 11.8.